The van der Waals surface area contributed by atoms with E-state index in [0.29, 0.717) is 22.7 Å². The SMILES string of the molecule is CC(C)(C)C(CBr)COc1ccc(F)c(Br)c1. The largest absolute Gasteiger partial charge is 0.493 e. The van der Waals surface area contributed by atoms with Gasteiger partial charge < -0.3 is 4.74 Å². The van der Waals surface area contributed by atoms with E-state index in [4.69, 9.17) is 4.74 Å². The van der Waals surface area contributed by atoms with Crippen LogP contribution in [0.3, 0.4) is 0 Å². The monoisotopic (exact) mass is 366 g/mol. The van der Waals surface area contributed by atoms with Gasteiger partial charge in [-0.25, -0.2) is 4.39 Å². The molecule has 0 saturated carbocycles. The Morgan fingerprint density at radius 1 is 1.35 bits per heavy atom. The van der Waals surface area contributed by atoms with Gasteiger partial charge in [0.15, 0.2) is 0 Å². The Morgan fingerprint density at radius 3 is 2.47 bits per heavy atom. The summed E-state index contributed by atoms with van der Waals surface area (Å²) in [5.41, 5.74) is 0.181. The number of benzene rings is 1. The average Bonchev–Trinajstić information content (AvgIpc) is 2.22. The first-order valence-electron chi connectivity index (χ1n) is 5.48. The highest BCUT2D eigenvalue weighted by atomic mass is 79.9. The van der Waals surface area contributed by atoms with Crippen molar-refractivity contribution in [2.45, 2.75) is 20.8 Å². The normalized spacial score (nSPS) is 13.5. The van der Waals surface area contributed by atoms with Crippen molar-refractivity contribution in [3.05, 3.63) is 28.5 Å². The lowest BCUT2D eigenvalue weighted by atomic mass is 9.83. The second-order valence-corrected chi connectivity index (χ2v) is 6.61. The molecule has 0 bridgehead atoms. The van der Waals surface area contributed by atoms with Crippen LogP contribution in [0, 0.1) is 17.2 Å². The van der Waals surface area contributed by atoms with Gasteiger partial charge in [0.05, 0.1) is 11.1 Å². The van der Waals surface area contributed by atoms with Gasteiger partial charge >= 0.3 is 0 Å². The van der Waals surface area contributed by atoms with Crippen molar-refractivity contribution < 1.29 is 9.13 Å². The van der Waals surface area contributed by atoms with Crippen LogP contribution < -0.4 is 4.74 Å². The lowest BCUT2D eigenvalue weighted by molar-refractivity contribution is 0.166. The number of halogens is 3. The van der Waals surface area contributed by atoms with Gasteiger partial charge in [-0.15, -0.1) is 0 Å². The molecule has 1 aromatic rings. The molecule has 1 unspecified atom stereocenters. The fourth-order valence-corrected chi connectivity index (χ4v) is 2.81. The highest BCUT2D eigenvalue weighted by Crippen LogP contribution is 2.29. The van der Waals surface area contributed by atoms with Crippen molar-refractivity contribution in [1.82, 2.24) is 0 Å². The van der Waals surface area contributed by atoms with Crippen LogP contribution in [0.2, 0.25) is 0 Å². The first-order valence-corrected chi connectivity index (χ1v) is 7.40. The van der Waals surface area contributed by atoms with Gasteiger partial charge in [-0.05, 0) is 39.5 Å². The fourth-order valence-electron chi connectivity index (χ4n) is 1.29. The fraction of sp³-hybridized carbons (Fsp3) is 0.538. The van der Waals surface area contributed by atoms with Gasteiger partial charge in [0, 0.05) is 11.2 Å². The van der Waals surface area contributed by atoms with Gasteiger partial charge in [-0.2, -0.15) is 0 Å². The molecule has 96 valence electrons. The van der Waals surface area contributed by atoms with E-state index < -0.39 is 0 Å². The molecular formula is C13H17Br2FO. The van der Waals surface area contributed by atoms with Crippen LogP contribution in [0.25, 0.3) is 0 Å². The Hall–Kier alpha value is -0.0900. The smallest absolute Gasteiger partial charge is 0.137 e. The third-order valence-electron chi connectivity index (χ3n) is 2.75. The zero-order valence-corrected chi connectivity index (χ0v) is 13.4. The molecule has 0 aliphatic rings. The van der Waals surface area contributed by atoms with Crippen molar-refractivity contribution in [3.63, 3.8) is 0 Å². The van der Waals surface area contributed by atoms with E-state index in [9.17, 15) is 4.39 Å². The lowest BCUT2D eigenvalue weighted by Crippen LogP contribution is -2.27. The second-order valence-electron chi connectivity index (χ2n) is 5.10. The summed E-state index contributed by atoms with van der Waals surface area (Å²) >= 11 is 6.65. The van der Waals surface area contributed by atoms with E-state index in [1.54, 1.807) is 12.1 Å². The van der Waals surface area contributed by atoms with E-state index in [2.05, 4.69) is 52.6 Å². The second kappa shape index (κ2) is 6.19. The molecule has 0 fully saturated rings. The van der Waals surface area contributed by atoms with Gasteiger partial charge in [-0.3, -0.25) is 0 Å². The average molecular weight is 368 g/mol. The summed E-state index contributed by atoms with van der Waals surface area (Å²) in [6.45, 7) is 7.17. The molecule has 0 aliphatic carbocycles. The summed E-state index contributed by atoms with van der Waals surface area (Å²) in [6, 6.07) is 4.71. The van der Waals surface area contributed by atoms with Crippen LogP contribution >= 0.6 is 31.9 Å². The molecule has 0 N–H and O–H groups in total. The molecule has 1 aromatic carbocycles. The number of hydrogen-bond acceptors (Lipinski definition) is 1. The molecule has 0 spiro atoms. The molecule has 0 saturated heterocycles. The molecule has 17 heavy (non-hydrogen) atoms. The van der Waals surface area contributed by atoms with Crippen LogP contribution in [-0.4, -0.2) is 11.9 Å². The first kappa shape index (κ1) is 15.0. The number of hydrogen-bond donors (Lipinski definition) is 0. The van der Waals surface area contributed by atoms with E-state index in [-0.39, 0.29) is 11.2 Å². The van der Waals surface area contributed by atoms with Gasteiger partial charge in [0.25, 0.3) is 0 Å². The van der Waals surface area contributed by atoms with Crippen LogP contribution in [0.4, 0.5) is 4.39 Å². The van der Waals surface area contributed by atoms with E-state index >= 15 is 0 Å². The highest BCUT2D eigenvalue weighted by Gasteiger charge is 2.24. The van der Waals surface area contributed by atoms with Crippen LogP contribution in [-0.2, 0) is 0 Å². The number of ether oxygens (including phenoxy) is 1. The summed E-state index contributed by atoms with van der Waals surface area (Å²) in [5, 5.41) is 0.888. The minimum atomic E-state index is -0.273. The van der Waals surface area contributed by atoms with E-state index in [1.807, 2.05) is 0 Å². The van der Waals surface area contributed by atoms with Gasteiger partial charge in [0.1, 0.15) is 11.6 Å². The van der Waals surface area contributed by atoms with Crippen LogP contribution in [0.15, 0.2) is 22.7 Å². The van der Waals surface area contributed by atoms with Gasteiger partial charge in [0.2, 0.25) is 0 Å². The van der Waals surface area contributed by atoms with Gasteiger partial charge in [-0.1, -0.05) is 36.7 Å². The zero-order valence-electron chi connectivity index (χ0n) is 10.3. The molecule has 0 radical (unpaired) electrons. The van der Waals surface area contributed by atoms with Crippen LogP contribution in [0.5, 0.6) is 5.75 Å². The standard InChI is InChI=1S/C13H17Br2FO/c1-13(2,3)9(7-14)8-17-10-4-5-12(16)11(15)6-10/h4-6,9H,7-8H2,1-3H3. The van der Waals surface area contributed by atoms with Crippen molar-refractivity contribution in [3.8, 4) is 5.75 Å². The molecule has 1 rings (SSSR count). The molecule has 1 atom stereocenters. The summed E-state index contributed by atoms with van der Waals surface area (Å²) in [7, 11) is 0. The van der Waals surface area contributed by atoms with Crippen molar-refractivity contribution in [1.29, 1.82) is 0 Å². The zero-order chi connectivity index (χ0) is 13.1. The first-order chi connectivity index (χ1) is 7.84. The molecule has 0 heterocycles. The van der Waals surface area contributed by atoms with Crippen LogP contribution in [0.1, 0.15) is 20.8 Å². The maximum atomic E-state index is 13.0. The minimum absolute atomic E-state index is 0.181. The topological polar surface area (TPSA) is 9.23 Å². The Morgan fingerprint density at radius 2 is 2.00 bits per heavy atom. The summed E-state index contributed by atoms with van der Waals surface area (Å²) in [6.07, 6.45) is 0. The Bertz CT molecular complexity index is 374. The predicted octanol–water partition coefficient (Wildman–Crippen LogP) is 5.02. The molecule has 4 heteroatoms. The lowest BCUT2D eigenvalue weighted by Gasteiger charge is -2.29. The number of alkyl halides is 1. The van der Waals surface area contributed by atoms with E-state index in [0.717, 1.165) is 5.33 Å². The van der Waals surface area contributed by atoms with E-state index in [1.165, 1.54) is 6.07 Å². The highest BCUT2D eigenvalue weighted by molar-refractivity contribution is 9.10. The molecule has 0 aromatic heterocycles. The van der Waals surface area contributed by atoms with Crippen molar-refractivity contribution >= 4 is 31.9 Å². The summed E-state index contributed by atoms with van der Waals surface area (Å²) < 4.78 is 19.2. The molecule has 0 amide bonds. The molecule has 0 aliphatic heterocycles. The molecule has 1 nitrogen and oxygen atoms in total. The Labute approximate surface area is 119 Å². The maximum absolute atomic E-state index is 13.0. The van der Waals surface area contributed by atoms with Crippen molar-refractivity contribution in [2.24, 2.45) is 11.3 Å². The minimum Gasteiger partial charge on any atom is -0.493 e. The third-order valence-corrected chi connectivity index (χ3v) is 4.14. The van der Waals surface area contributed by atoms with Crippen molar-refractivity contribution in [2.75, 3.05) is 11.9 Å². The number of rotatable bonds is 4. The third kappa shape index (κ3) is 4.59. The summed E-state index contributed by atoms with van der Waals surface area (Å²) in [4.78, 5) is 0. The Balaban J connectivity index is 2.63. The predicted molar refractivity (Wildman–Crippen MR) is 76.3 cm³/mol. The Kier molecular flexibility index (Phi) is 5.45. The quantitative estimate of drug-likeness (QED) is 0.678. The molecular weight excluding hydrogens is 351 g/mol. The maximum Gasteiger partial charge on any atom is 0.137 e. The summed E-state index contributed by atoms with van der Waals surface area (Å²) in [5.74, 6) is 0.824.